The highest BCUT2D eigenvalue weighted by atomic mass is 32.2. The number of benzene rings is 1. The summed E-state index contributed by atoms with van der Waals surface area (Å²) in [4.78, 5) is 11.7. The standard InChI is InChI=1S/C9H10FNOS/c1-5(12)9-7(10)3-6(11)4-8(9)13-2/h3-4H,11H2,1-2H3. The van der Waals surface area contributed by atoms with Crippen molar-refractivity contribution in [2.24, 2.45) is 0 Å². The van der Waals surface area contributed by atoms with E-state index in [1.165, 1.54) is 18.7 Å². The largest absolute Gasteiger partial charge is 0.399 e. The lowest BCUT2D eigenvalue weighted by Gasteiger charge is -2.06. The minimum atomic E-state index is -0.545. The van der Waals surface area contributed by atoms with Crippen LogP contribution in [-0.2, 0) is 0 Å². The third kappa shape index (κ3) is 2.01. The Balaban J connectivity index is 3.38. The molecule has 0 aliphatic rings. The number of nitrogens with two attached hydrogens (primary N) is 1. The topological polar surface area (TPSA) is 43.1 Å². The van der Waals surface area contributed by atoms with Crippen LogP contribution in [0, 0.1) is 5.82 Å². The molecule has 0 aliphatic carbocycles. The molecule has 0 radical (unpaired) electrons. The van der Waals surface area contributed by atoms with Crippen molar-refractivity contribution in [3.8, 4) is 0 Å². The Bertz CT molecular complexity index is 352. The molecule has 0 bridgehead atoms. The fourth-order valence-corrected chi connectivity index (χ4v) is 1.80. The van der Waals surface area contributed by atoms with E-state index in [1.807, 2.05) is 0 Å². The van der Waals surface area contributed by atoms with Crippen LogP contribution >= 0.6 is 11.8 Å². The van der Waals surface area contributed by atoms with Crippen molar-refractivity contribution in [1.29, 1.82) is 0 Å². The Morgan fingerprint density at radius 2 is 2.15 bits per heavy atom. The van der Waals surface area contributed by atoms with Crippen LogP contribution in [0.5, 0.6) is 0 Å². The lowest BCUT2D eigenvalue weighted by molar-refractivity contribution is 0.101. The van der Waals surface area contributed by atoms with Crippen LogP contribution < -0.4 is 5.73 Å². The minimum Gasteiger partial charge on any atom is -0.399 e. The molecule has 1 aromatic rings. The Labute approximate surface area is 80.3 Å². The Morgan fingerprint density at radius 1 is 1.54 bits per heavy atom. The summed E-state index contributed by atoms with van der Waals surface area (Å²) >= 11 is 1.31. The van der Waals surface area contributed by atoms with Gasteiger partial charge in [-0.25, -0.2) is 4.39 Å². The highest BCUT2D eigenvalue weighted by molar-refractivity contribution is 7.98. The van der Waals surface area contributed by atoms with E-state index >= 15 is 0 Å². The van der Waals surface area contributed by atoms with Gasteiger partial charge in [-0.15, -0.1) is 11.8 Å². The Morgan fingerprint density at radius 3 is 2.62 bits per heavy atom. The minimum absolute atomic E-state index is 0.127. The summed E-state index contributed by atoms with van der Waals surface area (Å²) in [5, 5.41) is 0. The SMILES string of the molecule is CSc1cc(N)cc(F)c1C(C)=O. The Hall–Kier alpha value is -1.03. The van der Waals surface area contributed by atoms with Crippen LogP contribution in [0.4, 0.5) is 10.1 Å². The van der Waals surface area contributed by atoms with E-state index in [4.69, 9.17) is 5.73 Å². The van der Waals surface area contributed by atoms with Gasteiger partial charge in [0.25, 0.3) is 0 Å². The van der Waals surface area contributed by atoms with Crippen LogP contribution in [0.1, 0.15) is 17.3 Å². The zero-order valence-electron chi connectivity index (χ0n) is 7.43. The molecule has 0 saturated carbocycles. The van der Waals surface area contributed by atoms with Crippen molar-refractivity contribution in [2.75, 3.05) is 12.0 Å². The first-order chi connectivity index (χ1) is 6.06. The van der Waals surface area contributed by atoms with Gasteiger partial charge < -0.3 is 5.73 Å². The smallest absolute Gasteiger partial charge is 0.163 e. The number of anilines is 1. The van der Waals surface area contributed by atoms with Gasteiger partial charge in [0.1, 0.15) is 5.82 Å². The molecule has 0 aliphatic heterocycles. The second-order valence-electron chi connectivity index (χ2n) is 2.64. The fourth-order valence-electron chi connectivity index (χ4n) is 1.10. The summed E-state index contributed by atoms with van der Waals surface area (Å²) < 4.78 is 13.2. The molecule has 0 heterocycles. The molecule has 2 N–H and O–H groups in total. The van der Waals surface area contributed by atoms with E-state index in [9.17, 15) is 9.18 Å². The molecule has 0 spiro atoms. The van der Waals surface area contributed by atoms with Gasteiger partial charge in [0, 0.05) is 10.6 Å². The normalized spacial score (nSPS) is 10.1. The molecule has 1 rings (SSSR count). The molecule has 0 aromatic heterocycles. The third-order valence-electron chi connectivity index (χ3n) is 1.65. The molecule has 70 valence electrons. The van der Waals surface area contributed by atoms with Gasteiger partial charge in [-0.05, 0) is 25.3 Å². The van der Waals surface area contributed by atoms with E-state index in [-0.39, 0.29) is 11.3 Å². The maximum absolute atomic E-state index is 13.2. The monoisotopic (exact) mass is 199 g/mol. The van der Waals surface area contributed by atoms with Gasteiger partial charge in [-0.1, -0.05) is 0 Å². The first kappa shape index (κ1) is 10.1. The zero-order valence-corrected chi connectivity index (χ0v) is 8.24. The fraction of sp³-hybridized carbons (Fsp3) is 0.222. The average molecular weight is 199 g/mol. The predicted molar refractivity (Wildman–Crippen MR) is 52.6 cm³/mol. The lowest BCUT2D eigenvalue weighted by atomic mass is 10.1. The highest BCUT2D eigenvalue weighted by Gasteiger charge is 2.13. The predicted octanol–water partition coefficient (Wildman–Crippen LogP) is 2.33. The number of halogens is 1. The number of Topliss-reactive ketones (excluding diaryl/α,β-unsaturated/α-hetero) is 1. The molecule has 0 atom stereocenters. The number of carbonyl (C=O) groups excluding carboxylic acids is 1. The molecular weight excluding hydrogens is 189 g/mol. The van der Waals surface area contributed by atoms with Crippen LogP contribution in [0.3, 0.4) is 0 Å². The maximum atomic E-state index is 13.2. The Kier molecular flexibility index (Phi) is 2.93. The quantitative estimate of drug-likeness (QED) is 0.451. The maximum Gasteiger partial charge on any atom is 0.163 e. The zero-order chi connectivity index (χ0) is 10.0. The van der Waals surface area contributed by atoms with Crippen molar-refractivity contribution in [2.45, 2.75) is 11.8 Å². The van der Waals surface area contributed by atoms with Crippen molar-refractivity contribution >= 4 is 23.2 Å². The summed E-state index contributed by atoms with van der Waals surface area (Å²) in [6.45, 7) is 1.34. The number of ketones is 1. The van der Waals surface area contributed by atoms with Crippen molar-refractivity contribution < 1.29 is 9.18 Å². The number of thioether (sulfide) groups is 1. The summed E-state index contributed by atoms with van der Waals surface area (Å²) in [5.74, 6) is -0.821. The van der Waals surface area contributed by atoms with E-state index in [1.54, 1.807) is 12.3 Å². The van der Waals surface area contributed by atoms with Crippen molar-refractivity contribution in [1.82, 2.24) is 0 Å². The number of hydrogen-bond donors (Lipinski definition) is 1. The van der Waals surface area contributed by atoms with Gasteiger partial charge in [0.2, 0.25) is 0 Å². The van der Waals surface area contributed by atoms with Crippen molar-refractivity contribution in [3.05, 3.63) is 23.5 Å². The second-order valence-corrected chi connectivity index (χ2v) is 3.48. The average Bonchev–Trinajstić information content (AvgIpc) is 2.01. The van der Waals surface area contributed by atoms with Gasteiger partial charge in [-0.3, -0.25) is 4.79 Å². The summed E-state index contributed by atoms with van der Waals surface area (Å²) in [6, 6.07) is 2.76. The lowest BCUT2D eigenvalue weighted by Crippen LogP contribution is -2.01. The number of nitrogen functional groups attached to an aromatic ring is 1. The van der Waals surface area contributed by atoms with Crippen LogP contribution in [-0.4, -0.2) is 12.0 Å². The summed E-state index contributed by atoms with van der Waals surface area (Å²) in [5.41, 5.74) is 5.91. The first-order valence-electron chi connectivity index (χ1n) is 3.70. The van der Waals surface area contributed by atoms with E-state index in [0.717, 1.165) is 6.07 Å². The molecule has 0 saturated heterocycles. The summed E-state index contributed by atoms with van der Waals surface area (Å²) in [7, 11) is 0. The van der Waals surface area contributed by atoms with E-state index in [2.05, 4.69) is 0 Å². The molecule has 1 aromatic carbocycles. The van der Waals surface area contributed by atoms with Gasteiger partial charge in [0.15, 0.2) is 5.78 Å². The van der Waals surface area contributed by atoms with Crippen molar-refractivity contribution in [3.63, 3.8) is 0 Å². The van der Waals surface area contributed by atoms with Crippen LogP contribution in [0.15, 0.2) is 17.0 Å². The van der Waals surface area contributed by atoms with Gasteiger partial charge in [0.05, 0.1) is 5.56 Å². The molecule has 2 nitrogen and oxygen atoms in total. The van der Waals surface area contributed by atoms with Gasteiger partial charge in [-0.2, -0.15) is 0 Å². The third-order valence-corrected chi connectivity index (χ3v) is 2.41. The van der Waals surface area contributed by atoms with E-state index in [0.29, 0.717) is 10.6 Å². The molecule has 0 fully saturated rings. The van der Waals surface area contributed by atoms with E-state index < -0.39 is 5.82 Å². The van der Waals surface area contributed by atoms with Crippen LogP contribution in [0.2, 0.25) is 0 Å². The summed E-state index contributed by atoms with van der Waals surface area (Å²) in [6.07, 6.45) is 1.78. The second kappa shape index (κ2) is 3.79. The molecular formula is C9H10FNOS. The molecule has 0 unspecified atom stereocenters. The first-order valence-corrected chi connectivity index (χ1v) is 4.92. The number of carbonyl (C=O) groups is 1. The van der Waals surface area contributed by atoms with Crippen LogP contribution in [0.25, 0.3) is 0 Å². The number of rotatable bonds is 2. The van der Waals surface area contributed by atoms with Gasteiger partial charge >= 0.3 is 0 Å². The molecule has 13 heavy (non-hydrogen) atoms. The highest BCUT2D eigenvalue weighted by Crippen LogP contribution is 2.26. The number of hydrogen-bond acceptors (Lipinski definition) is 3. The molecule has 0 amide bonds. The molecule has 4 heteroatoms.